The van der Waals surface area contributed by atoms with Crippen molar-refractivity contribution >= 4 is 23.5 Å². The molecule has 1 aliphatic heterocycles. The van der Waals surface area contributed by atoms with Gasteiger partial charge in [0.05, 0.1) is 6.04 Å². The summed E-state index contributed by atoms with van der Waals surface area (Å²) in [5.41, 5.74) is 7.45. The van der Waals surface area contributed by atoms with E-state index in [2.05, 4.69) is 12.2 Å². The Bertz CT molecular complexity index is 478. The number of amides is 1. The van der Waals surface area contributed by atoms with Crippen LogP contribution in [-0.2, 0) is 17.7 Å². The Labute approximate surface area is 110 Å². The second-order valence-electron chi connectivity index (χ2n) is 4.17. The molecule has 3 N–H and O–H groups in total. The van der Waals surface area contributed by atoms with E-state index in [9.17, 15) is 9.90 Å². The van der Waals surface area contributed by atoms with Crippen LogP contribution in [0.5, 0.6) is 0 Å². The van der Waals surface area contributed by atoms with Crippen molar-refractivity contribution in [3.05, 3.63) is 35.4 Å². The van der Waals surface area contributed by atoms with Gasteiger partial charge in [-0.25, -0.2) is 4.79 Å². The van der Waals surface area contributed by atoms with Gasteiger partial charge in [0.1, 0.15) is 6.61 Å². The number of carbonyl (C=O) groups is 1. The molecular formula is C12H14N2O3S. The van der Waals surface area contributed by atoms with E-state index in [-0.39, 0.29) is 17.8 Å². The van der Waals surface area contributed by atoms with Gasteiger partial charge in [0.25, 0.3) is 5.17 Å². The van der Waals surface area contributed by atoms with Crippen LogP contribution in [0.2, 0.25) is 0 Å². The predicted octanol–water partition coefficient (Wildman–Crippen LogP) is 1.35. The van der Waals surface area contributed by atoms with Crippen molar-refractivity contribution < 1.29 is 14.6 Å². The Balaban J connectivity index is 2.17. The van der Waals surface area contributed by atoms with E-state index in [1.54, 1.807) is 0 Å². The van der Waals surface area contributed by atoms with Gasteiger partial charge < -0.3 is 15.6 Å². The first-order chi connectivity index (χ1) is 8.58. The molecule has 1 aromatic carbocycles. The summed E-state index contributed by atoms with van der Waals surface area (Å²) in [4.78, 5) is 12.6. The van der Waals surface area contributed by atoms with Gasteiger partial charge in [-0.3, -0.25) is 4.90 Å². The molecule has 0 saturated heterocycles. The van der Waals surface area contributed by atoms with Crippen LogP contribution in [-0.4, -0.2) is 33.9 Å². The van der Waals surface area contributed by atoms with E-state index >= 15 is 0 Å². The third-order valence-electron chi connectivity index (χ3n) is 3.02. The van der Waals surface area contributed by atoms with Crippen molar-refractivity contribution in [2.45, 2.75) is 19.0 Å². The van der Waals surface area contributed by atoms with E-state index in [1.165, 1.54) is 4.90 Å². The molecule has 96 valence electrons. The molecule has 5 nitrogen and oxygen atoms in total. The molecule has 18 heavy (non-hydrogen) atoms. The summed E-state index contributed by atoms with van der Waals surface area (Å²) in [5, 5.41) is 9.15. The van der Waals surface area contributed by atoms with E-state index in [4.69, 9.17) is 10.5 Å². The maximum Gasteiger partial charge on any atom is 0.407 e. The zero-order valence-corrected chi connectivity index (χ0v) is 10.5. The Morgan fingerprint density at radius 3 is 2.78 bits per heavy atom. The summed E-state index contributed by atoms with van der Waals surface area (Å²) < 4.78 is 5.08. The van der Waals surface area contributed by atoms with Crippen molar-refractivity contribution in [1.29, 1.82) is 0 Å². The Kier molecular flexibility index (Phi) is 3.66. The second-order valence-corrected chi connectivity index (χ2v) is 4.57. The van der Waals surface area contributed by atoms with Gasteiger partial charge in [0.15, 0.2) is 0 Å². The summed E-state index contributed by atoms with van der Waals surface area (Å²) in [6.45, 7) is 0.562. The number of nitrogens with zero attached hydrogens (tertiary/aromatic N) is 1. The van der Waals surface area contributed by atoms with Gasteiger partial charge in [0.2, 0.25) is 0 Å². The van der Waals surface area contributed by atoms with Crippen LogP contribution in [0, 0.1) is 0 Å². The normalized spacial score (nSPS) is 18.0. The molecular weight excluding hydrogens is 252 g/mol. The molecule has 2 rings (SSSR count). The SMILES string of the molecule is NC(=S)OCC1Cc2ccccc2CN1C(=O)O. The van der Waals surface area contributed by atoms with E-state index in [0.29, 0.717) is 13.0 Å². The summed E-state index contributed by atoms with van der Waals surface area (Å²) in [6, 6.07) is 7.54. The number of benzene rings is 1. The molecule has 0 spiro atoms. The fourth-order valence-corrected chi connectivity index (χ4v) is 2.21. The highest BCUT2D eigenvalue weighted by Crippen LogP contribution is 2.23. The molecule has 0 aromatic heterocycles. The van der Waals surface area contributed by atoms with E-state index in [0.717, 1.165) is 11.1 Å². The first-order valence-corrected chi connectivity index (χ1v) is 5.97. The van der Waals surface area contributed by atoms with Crippen molar-refractivity contribution in [2.24, 2.45) is 5.73 Å². The first kappa shape index (κ1) is 12.6. The quantitative estimate of drug-likeness (QED) is 0.790. The summed E-state index contributed by atoms with van der Waals surface area (Å²) in [6.07, 6.45) is -0.341. The van der Waals surface area contributed by atoms with Crippen LogP contribution in [0.15, 0.2) is 24.3 Å². The lowest BCUT2D eigenvalue weighted by Gasteiger charge is -2.34. The van der Waals surface area contributed by atoms with Gasteiger partial charge in [-0.1, -0.05) is 24.3 Å². The van der Waals surface area contributed by atoms with Crippen LogP contribution < -0.4 is 5.73 Å². The number of rotatable bonds is 2. The standard InChI is InChI=1S/C12H14N2O3S/c13-11(18)17-7-10-5-8-3-1-2-4-9(8)6-14(10)12(15)16/h1-4,10H,5-7H2,(H2,13,18)(H,15,16). The van der Waals surface area contributed by atoms with Crippen molar-refractivity contribution in [3.63, 3.8) is 0 Å². The van der Waals surface area contributed by atoms with Crippen molar-refractivity contribution in [1.82, 2.24) is 4.90 Å². The van der Waals surface area contributed by atoms with Crippen LogP contribution in [0.25, 0.3) is 0 Å². The van der Waals surface area contributed by atoms with E-state index in [1.807, 2.05) is 24.3 Å². The molecule has 0 aliphatic carbocycles. The summed E-state index contributed by atoms with van der Waals surface area (Å²) >= 11 is 4.64. The topological polar surface area (TPSA) is 75.8 Å². The van der Waals surface area contributed by atoms with Crippen molar-refractivity contribution in [3.8, 4) is 0 Å². The predicted molar refractivity (Wildman–Crippen MR) is 70.2 cm³/mol. The van der Waals surface area contributed by atoms with Gasteiger partial charge in [-0.05, 0) is 29.8 Å². The monoisotopic (exact) mass is 266 g/mol. The molecule has 0 saturated carbocycles. The number of thiocarbonyl (C=S) groups is 1. The minimum Gasteiger partial charge on any atom is -0.469 e. The van der Waals surface area contributed by atoms with Crippen LogP contribution in [0.1, 0.15) is 11.1 Å². The zero-order valence-electron chi connectivity index (χ0n) is 9.70. The second kappa shape index (κ2) is 5.22. The smallest absolute Gasteiger partial charge is 0.407 e. The molecule has 1 aromatic rings. The maximum absolute atomic E-state index is 11.2. The molecule has 0 fully saturated rings. The molecule has 1 unspecified atom stereocenters. The molecule has 0 bridgehead atoms. The van der Waals surface area contributed by atoms with Crippen LogP contribution >= 0.6 is 12.2 Å². The van der Waals surface area contributed by atoms with Gasteiger partial charge in [-0.15, -0.1) is 0 Å². The molecule has 1 aliphatic rings. The number of hydrogen-bond acceptors (Lipinski definition) is 3. The third kappa shape index (κ3) is 2.70. The number of ether oxygens (including phenoxy) is 1. The molecule has 1 atom stereocenters. The lowest BCUT2D eigenvalue weighted by molar-refractivity contribution is 0.0909. The number of fused-ring (bicyclic) bond motifs is 1. The highest BCUT2D eigenvalue weighted by atomic mass is 32.1. The highest BCUT2D eigenvalue weighted by Gasteiger charge is 2.29. The largest absolute Gasteiger partial charge is 0.469 e. The lowest BCUT2D eigenvalue weighted by Crippen LogP contribution is -2.46. The average molecular weight is 266 g/mol. The fourth-order valence-electron chi connectivity index (χ4n) is 2.14. The first-order valence-electron chi connectivity index (χ1n) is 5.56. The summed E-state index contributed by atoms with van der Waals surface area (Å²) in [7, 11) is 0. The lowest BCUT2D eigenvalue weighted by atomic mass is 9.95. The minimum atomic E-state index is -0.957. The minimum absolute atomic E-state index is 0.0563. The number of carboxylic acid groups (broad SMARTS) is 1. The Morgan fingerprint density at radius 1 is 1.50 bits per heavy atom. The molecule has 1 amide bonds. The van der Waals surface area contributed by atoms with Crippen LogP contribution in [0.3, 0.4) is 0 Å². The number of nitrogens with two attached hydrogens (primary N) is 1. The highest BCUT2D eigenvalue weighted by molar-refractivity contribution is 7.80. The Hall–Kier alpha value is -1.82. The average Bonchev–Trinajstić information content (AvgIpc) is 2.35. The molecule has 6 heteroatoms. The van der Waals surface area contributed by atoms with E-state index < -0.39 is 6.09 Å². The third-order valence-corrected chi connectivity index (χ3v) is 3.14. The van der Waals surface area contributed by atoms with Gasteiger partial charge in [-0.2, -0.15) is 0 Å². The molecule has 1 heterocycles. The Morgan fingerprint density at radius 2 is 2.17 bits per heavy atom. The van der Waals surface area contributed by atoms with Crippen molar-refractivity contribution in [2.75, 3.05) is 6.61 Å². The fraction of sp³-hybridized carbons (Fsp3) is 0.333. The number of hydrogen-bond donors (Lipinski definition) is 2. The van der Waals surface area contributed by atoms with Crippen LogP contribution in [0.4, 0.5) is 4.79 Å². The van der Waals surface area contributed by atoms with Gasteiger partial charge in [0, 0.05) is 6.54 Å². The zero-order chi connectivity index (χ0) is 13.1. The summed E-state index contributed by atoms with van der Waals surface area (Å²) in [5.74, 6) is 0. The molecule has 0 radical (unpaired) electrons. The van der Waals surface area contributed by atoms with Gasteiger partial charge >= 0.3 is 6.09 Å². The maximum atomic E-state index is 11.2.